The highest BCUT2D eigenvalue weighted by atomic mass is 16.5. The first-order valence-electron chi connectivity index (χ1n) is 10.6. The van der Waals surface area contributed by atoms with Gasteiger partial charge in [-0.25, -0.2) is 0 Å². The third-order valence-corrected chi connectivity index (χ3v) is 6.91. The molecule has 3 rings (SSSR count). The molecule has 6 atom stereocenters. The Morgan fingerprint density at radius 2 is 0.938 bits per heavy atom. The van der Waals surface area contributed by atoms with Crippen LogP contribution in [0.5, 0.6) is 0 Å². The van der Waals surface area contributed by atoms with E-state index in [4.69, 9.17) is 0 Å². The van der Waals surface area contributed by atoms with Crippen molar-refractivity contribution in [3.8, 4) is 0 Å². The van der Waals surface area contributed by atoms with Crippen molar-refractivity contribution < 1.29 is 30.6 Å². The van der Waals surface area contributed by atoms with E-state index in [0.717, 1.165) is 0 Å². The molecule has 2 aromatic rings. The maximum atomic E-state index is 12.0. The van der Waals surface area contributed by atoms with Gasteiger partial charge < -0.3 is 30.6 Å². The van der Waals surface area contributed by atoms with Crippen molar-refractivity contribution in [1.82, 2.24) is 0 Å². The third-order valence-electron chi connectivity index (χ3n) is 6.91. The van der Waals surface area contributed by atoms with Gasteiger partial charge in [-0.2, -0.15) is 0 Å². The van der Waals surface area contributed by atoms with Gasteiger partial charge in [0.1, 0.15) is 34.6 Å². The summed E-state index contributed by atoms with van der Waals surface area (Å²) in [6.07, 6.45) is -2.63. The van der Waals surface area contributed by atoms with E-state index in [1.54, 1.807) is 60.7 Å². The highest BCUT2D eigenvalue weighted by Crippen LogP contribution is 2.55. The van der Waals surface area contributed by atoms with E-state index in [1.807, 2.05) is 0 Å². The Balaban J connectivity index is 2.22. The molecule has 0 aromatic heterocycles. The summed E-state index contributed by atoms with van der Waals surface area (Å²) in [6, 6.07) is 17.3. The molecular formula is C26H32O6. The van der Waals surface area contributed by atoms with Gasteiger partial charge in [-0.15, -0.1) is 13.2 Å². The molecule has 6 nitrogen and oxygen atoms in total. The Hall–Kier alpha value is -2.32. The maximum absolute atomic E-state index is 12.0. The van der Waals surface area contributed by atoms with Gasteiger partial charge in [-0.1, -0.05) is 72.8 Å². The predicted octanol–water partition coefficient (Wildman–Crippen LogP) is 1.28. The average molecular weight is 441 g/mol. The zero-order valence-electron chi connectivity index (χ0n) is 18.0. The third kappa shape index (κ3) is 3.53. The van der Waals surface area contributed by atoms with E-state index in [0.29, 0.717) is 11.1 Å². The number of hydrogen-bond acceptors (Lipinski definition) is 6. The van der Waals surface area contributed by atoms with E-state index in [9.17, 15) is 30.6 Å². The number of benzene rings is 2. The molecule has 0 radical (unpaired) electrons. The zero-order chi connectivity index (χ0) is 23.6. The fourth-order valence-electron chi connectivity index (χ4n) is 5.15. The summed E-state index contributed by atoms with van der Waals surface area (Å²) in [6.45, 7) is 7.28. The van der Waals surface area contributed by atoms with E-state index < -0.39 is 34.6 Å². The van der Waals surface area contributed by atoms with Crippen LogP contribution in [0.3, 0.4) is 0 Å². The second kappa shape index (κ2) is 8.90. The molecule has 0 saturated heterocycles. The summed E-state index contributed by atoms with van der Waals surface area (Å²) < 4.78 is 0. The van der Waals surface area contributed by atoms with Crippen LogP contribution in [0, 0.1) is 0 Å². The lowest BCUT2D eigenvalue weighted by molar-refractivity contribution is -0.379. The van der Waals surface area contributed by atoms with Crippen molar-refractivity contribution in [2.24, 2.45) is 0 Å². The molecule has 172 valence electrons. The number of rotatable bonds is 8. The molecule has 0 spiro atoms. The second-order valence-electron chi connectivity index (χ2n) is 8.77. The van der Waals surface area contributed by atoms with Crippen LogP contribution in [-0.2, 0) is 12.8 Å². The molecular weight excluding hydrogens is 408 g/mol. The Bertz CT molecular complexity index is 856. The fraction of sp³-hybridized carbons (Fsp3) is 0.385. The molecule has 0 amide bonds. The molecule has 6 heteroatoms. The Labute approximate surface area is 188 Å². The summed E-state index contributed by atoms with van der Waals surface area (Å²) in [5.74, 6) is 0. The van der Waals surface area contributed by atoms with E-state index >= 15 is 0 Å². The first kappa shape index (κ1) is 24.3. The van der Waals surface area contributed by atoms with Crippen LogP contribution in [0.2, 0.25) is 0 Å². The topological polar surface area (TPSA) is 121 Å². The first-order valence-corrected chi connectivity index (χ1v) is 10.6. The summed E-state index contributed by atoms with van der Waals surface area (Å²) in [7, 11) is 0. The van der Waals surface area contributed by atoms with Crippen molar-refractivity contribution in [1.29, 1.82) is 0 Å². The summed E-state index contributed by atoms with van der Waals surface area (Å²) in [5, 5.41) is 69.7. The molecule has 0 aliphatic heterocycles. The summed E-state index contributed by atoms with van der Waals surface area (Å²) >= 11 is 0. The molecule has 2 aromatic carbocycles. The van der Waals surface area contributed by atoms with Crippen molar-refractivity contribution in [3.05, 3.63) is 97.1 Å². The van der Waals surface area contributed by atoms with Crippen molar-refractivity contribution >= 4 is 0 Å². The SMILES string of the molecule is C=CC[C@@]1(O)[C@](O)(CC=C)[C@@](O)(Cc2ccccc2)[C@@H](O)[C@H](O)[C@]1(O)Cc1ccccc1. The van der Waals surface area contributed by atoms with E-state index in [-0.39, 0.29) is 25.7 Å². The Kier molecular flexibility index (Phi) is 6.77. The minimum atomic E-state index is -2.48. The van der Waals surface area contributed by atoms with Gasteiger partial charge in [-0.3, -0.25) is 0 Å². The molecule has 0 unspecified atom stereocenters. The molecule has 1 saturated carbocycles. The van der Waals surface area contributed by atoms with Crippen molar-refractivity contribution in [2.45, 2.75) is 60.3 Å². The minimum Gasteiger partial charge on any atom is -0.387 e. The largest absolute Gasteiger partial charge is 0.387 e. The lowest BCUT2D eigenvalue weighted by Crippen LogP contribution is -2.88. The van der Waals surface area contributed by atoms with Crippen LogP contribution < -0.4 is 0 Å². The van der Waals surface area contributed by atoms with Crippen molar-refractivity contribution in [2.75, 3.05) is 0 Å². The second-order valence-corrected chi connectivity index (χ2v) is 8.77. The number of aliphatic hydroxyl groups is 6. The average Bonchev–Trinajstić information content (AvgIpc) is 2.78. The van der Waals surface area contributed by atoms with Crippen LogP contribution in [0.25, 0.3) is 0 Å². The van der Waals surface area contributed by atoms with Crippen LogP contribution in [-0.4, -0.2) is 65.3 Å². The molecule has 32 heavy (non-hydrogen) atoms. The van der Waals surface area contributed by atoms with Gasteiger partial charge in [0.05, 0.1) is 0 Å². The quantitative estimate of drug-likeness (QED) is 0.344. The standard InChI is InChI=1S/C26H32O6/c1-3-15-25(31)23(29,17-19-11-7-5-8-12-19)21(27)22(28)24(30,26(25,32)16-4-2)18-20-13-9-6-10-14-20/h3-14,21-22,27-32H,1-2,15-18H2/t21-,22-,23+,24+,25-,26-/m0/s1. The maximum Gasteiger partial charge on any atom is 0.131 e. The molecule has 1 aliphatic carbocycles. The normalized spacial score (nSPS) is 37.1. The monoisotopic (exact) mass is 440 g/mol. The molecule has 1 fully saturated rings. The van der Waals surface area contributed by atoms with Crippen molar-refractivity contribution in [3.63, 3.8) is 0 Å². The lowest BCUT2D eigenvalue weighted by atomic mass is 9.49. The van der Waals surface area contributed by atoms with Crippen LogP contribution >= 0.6 is 0 Å². The number of hydrogen-bond donors (Lipinski definition) is 6. The van der Waals surface area contributed by atoms with Gasteiger partial charge in [0.25, 0.3) is 0 Å². The first-order chi connectivity index (χ1) is 15.1. The van der Waals surface area contributed by atoms with Gasteiger partial charge >= 0.3 is 0 Å². The van der Waals surface area contributed by atoms with Gasteiger partial charge in [-0.05, 0) is 24.0 Å². The van der Waals surface area contributed by atoms with Crippen LogP contribution in [0.4, 0.5) is 0 Å². The highest BCUT2D eigenvalue weighted by Gasteiger charge is 2.77. The molecule has 6 N–H and O–H groups in total. The predicted molar refractivity (Wildman–Crippen MR) is 122 cm³/mol. The highest BCUT2D eigenvalue weighted by molar-refractivity contribution is 5.35. The molecule has 0 heterocycles. The van der Waals surface area contributed by atoms with Crippen LogP contribution in [0.15, 0.2) is 86.0 Å². The minimum absolute atomic E-state index is 0.280. The summed E-state index contributed by atoms with van der Waals surface area (Å²) in [5.41, 5.74) is -8.65. The van der Waals surface area contributed by atoms with Crippen LogP contribution in [0.1, 0.15) is 24.0 Å². The molecule has 0 bridgehead atoms. The smallest absolute Gasteiger partial charge is 0.131 e. The summed E-state index contributed by atoms with van der Waals surface area (Å²) in [4.78, 5) is 0. The number of aliphatic hydroxyl groups excluding tert-OH is 2. The van der Waals surface area contributed by atoms with E-state index in [2.05, 4.69) is 13.2 Å². The molecule has 1 aliphatic rings. The van der Waals surface area contributed by atoms with E-state index in [1.165, 1.54) is 12.2 Å². The fourth-order valence-corrected chi connectivity index (χ4v) is 5.15. The Morgan fingerprint density at radius 3 is 1.22 bits per heavy atom. The van der Waals surface area contributed by atoms with Gasteiger partial charge in [0, 0.05) is 12.8 Å². The van der Waals surface area contributed by atoms with Gasteiger partial charge in [0.15, 0.2) is 0 Å². The van der Waals surface area contributed by atoms with Gasteiger partial charge in [0.2, 0.25) is 0 Å². The Morgan fingerprint density at radius 1 is 0.625 bits per heavy atom. The lowest BCUT2D eigenvalue weighted by Gasteiger charge is -2.65. The zero-order valence-corrected chi connectivity index (χ0v) is 18.0.